The van der Waals surface area contributed by atoms with E-state index in [4.69, 9.17) is 0 Å². The fourth-order valence-electron chi connectivity index (χ4n) is 0.691. The molecule has 0 fully saturated rings. The van der Waals surface area contributed by atoms with Crippen molar-refractivity contribution in [2.75, 3.05) is 0 Å². The van der Waals surface area contributed by atoms with Gasteiger partial charge in [-0.15, -0.1) is 5.98 Å². The Morgan fingerprint density at radius 1 is 1.25 bits per heavy atom. The van der Waals surface area contributed by atoms with Crippen LogP contribution in [0.3, 0.4) is 0 Å². The largest absolute Gasteiger partial charge is 0.129 e. The van der Waals surface area contributed by atoms with Crippen molar-refractivity contribution in [2.45, 2.75) is 19.8 Å². The first-order valence-electron chi connectivity index (χ1n) is 4.35. The Morgan fingerprint density at radius 2 is 1.83 bits per heavy atom. The van der Waals surface area contributed by atoms with Crippen LogP contribution in [0.5, 0.6) is 0 Å². The molecule has 12 heavy (non-hydrogen) atoms. The van der Waals surface area contributed by atoms with Gasteiger partial charge >= 0.3 is 0 Å². The standard InChI is InChI=1S/C11H17B/c1-4-10(2)7-8-11(3)6-5-9-12/h5,7-9H,2-4,6,12H2,1H3/b8-7+,9-5+. The summed E-state index contributed by atoms with van der Waals surface area (Å²) in [5, 5.41) is 0. The summed E-state index contributed by atoms with van der Waals surface area (Å²) in [6.07, 6.45) is 8.11. The summed E-state index contributed by atoms with van der Waals surface area (Å²) in [7, 11) is 2.02. The minimum absolute atomic E-state index is 0.935. The normalized spacial score (nSPS) is 11.1. The fourth-order valence-corrected chi connectivity index (χ4v) is 0.691. The van der Waals surface area contributed by atoms with Gasteiger partial charge in [0.05, 0.1) is 0 Å². The summed E-state index contributed by atoms with van der Waals surface area (Å²) >= 11 is 0. The molecule has 0 saturated heterocycles. The first-order chi connectivity index (χ1) is 5.70. The van der Waals surface area contributed by atoms with Crippen LogP contribution >= 0.6 is 0 Å². The molecule has 0 bridgehead atoms. The molecule has 0 nitrogen and oxygen atoms in total. The second kappa shape index (κ2) is 6.72. The number of rotatable bonds is 5. The van der Waals surface area contributed by atoms with E-state index in [0.717, 1.165) is 24.0 Å². The minimum Gasteiger partial charge on any atom is -0.127 e. The van der Waals surface area contributed by atoms with E-state index >= 15 is 0 Å². The van der Waals surface area contributed by atoms with Crippen molar-refractivity contribution in [3.05, 3.63) is 48.5 Å². The van der Waals surface area contributed by atoms with Crippen LogP contribution in [0.4, 0.5) is 0 Å². The highest BCUT2D eigenvalue weighted by Gasteiger charge is 1.84. The van der Waals surface area contributed by atoms with Gasteiger partial charge in [-0.25, -0.2) is 0 Å². The van der Waals surface area contributed by atoms with E-state index in [1.54, 1.807) is 0 Å². The van der Waals surface area contributed by atoms with E-state index in [1.807, 2.05) is 26.0 Å². The molecular formula is C11H17B. The third-order valence-corrected chi connectivity index (χ3v) is 1.62. The minimum atomic E-state index is 0.935. The van der Waals surface area contributed by atoms with Crippen LogP contribution in [0, 0.1) is 0 Å². The van der Waals surface area contributed by atoms with Crippen molar-refractivity contribution in [1.82, 2.24) is 0 Å². The summed E-state index contributed by atoms with van der Waals surface area (Å²) in [6.45, 7) is 9.90. The Bertz CT molecular complexity index is 209. The zero-order chi connectivity index (χ0) is 9.40. The highest BCUT2D eigenvalue weighted by atomic mass is 13.9. The molecule has 0 heterocycles. The second-order valence-electron chi connectivity index (χ2n) is 2.78. The quantitative estimate of drug-likeness (QED) is 0.428. The van der Waals surface area contributed by atoms with Crippen LogP contribution < -0.4 is 0 Å². The topological polar surface area (TPSA) is 0 Å². The number of allylic oxidation sites excluding steroid dienone is 5. The van der Waals surface area contributed by atoms with Gasteiger partial charge in [-0.05, 0) is 12.8 Å². The molecule has 0 radical (unpaired) electrons. The Labute approximate surface area is 76.8 Å². The maximum absolute atomic E-state index is 3.92. The predicted octanol–water partition coefficient (Wildman–Crippen LogP) is 2.60. The Kier molecular flexibility index (Phi) is 6.17. The Balaban J connectivity index is 3.83. The van der Waals surface area contributed by atoms with Crippen molar-refractivity contribution in [2.24, 2.45) is 0 Å². The third kappa shape index (κ3) is 5.78. The van der Waals surface area contributed by atoms with E-state index < -0.39 is 0 Å². The van der Waals surface area contributed by atoms with E-state index in [0.29, 0.717) is 0 Å². The van der Waals surface area contributed by atoms with Gasteiger partial charge in [0.15, 0.2) is 0 Å². The third-order valence-electron chi connectivity index (χ3n) is 1.62. The van der Waals surface area contributed by atoms with Crippen LogP contribution in [0.2, 0.25) is 0 Å². The molecule has 64 valence electrons. The van der Waals surface area contributed by atoms with Crippen molar-refractivity contribution >= 4 is 7.85 Å². The molecule has 0 amide bonds. The molecule has 0 aromatic carbocycles. The predicted molar refractivity (Wildman–Crippen MR) is 60.0 cm³/mol. The van der Waals surface area contributed by atoms with E-state index in [9.17, 15) is 0 Å². The van der Waals surface area contributed by atoms with Crippen LogP contribution in [0.1, 0.15) is 19.8 Å². The molecule has 0 saturated carbocycles. The Hall–Kier alpha value is -0.975. The lowest BCUT2D eigenvalue weighted by Gasteiger charge is -1.94. The van der Waals surface area contributed by atoms with Crippen molar-refractivity contribution in [3.8, 4) is 0 Å². The highest BCUT2D eigenvalue weighted by Crippen LogP contribution is 2.05. The molecule has 0 spiro atoms. The average Bonchev–Trinajstić information content (AvgIpc) is 2.10. The molecule has 0 rings (SSSR count). The zero-order valence-electron chi connectivity index (χ0n) is 8.14. The van der Waals surface area contributed by atoms with Gasteiger partial charge in [0, 0.05) is 0 Å². The van der Waals surface area contributed by atoms with E-state index in [2.05, 4.69) is 26.2 Å². The highest BCUT2D eigenvalue weighted by molar-refractivity contribution is 6.16. The molecule has 0 aliphatic rings. The SMILES string of the molecule is B/C=C/CC(=C)/C=C/C(=C)CC. The van der Waals surface area contributed by atoms with E-state index in [1.165, 1.54) is 0 Å². The fraction of sp³-hybridized carbons (Fsp3) is 0.273. The molecule has 0 unspecified atom stereocenters. The zero-order valence-corrected chi connectivity index (χ0v) is 8.14. The van der Waals surface area contributed by atoms with Gasteiger partial charge in [0.25, 0.3) is 0 Å². The molecule has 0 aromatic rings. The first kappa shape index (κ1) is 11.0. The first-order valence-corrected chi connectivity index (χ1v) is 4.35. The van der Waals surface area contributed by atoms with Gasteiger partial charge in [0.1, 0.15) is 7.85 Å². The monoisotopic (exact) mass is 160 g/mol. The van der Waals surface area contributed by atoms with Gasteiger partial charge in [-0.3, -0.25) is 0 Å². The second-order valence-corrected chi connectivity index (χ2v) is 2.78. The summed E-state index contributed by atoms with van der Waals surface area (Å²) in [4.78, 5) is 0. The number of hydrogen-bond donors (Lipinski definition) is 0. The maximum Gasteiger partial charge on any atom is 0.129 e. The molecule has 0 N–H and O–H groups in total. The van der Waals surface area contributed by atoms with Crippen molar-refractivity contribution < 1.29 is 0 Å². The molecule has 0 atom stereocenters. The van der Waals surface area contributed by atoms with Crippen molar-refractivity contribution in [3.63, 3.8) is 0 Å². The van der Waals surface area contributed by atoms with Crippen LogP contribution in [-0.2, 0) is 0 Å². The van der Waals surface area contributed by atoms with Crippen molar-refractivity contribution in [1.29, 1.82) is 0 Å². The summed E-state index contributed by atoms with van der Waals surface area (Å²) < 4.78 is 0. The van der Waals surface area contributed by atoms with Crippen LogP contribution in [0.25, 0.3) is 0 Å². The van der Waals surface area contributed by atoms with Crippen LogP contribution in [0.15, 0.2) is 48.5 Å². The van der Waals surface area contributed by atoms with Gasteiger partial charge < -0.3 is 0 Å². The smallest absolute Gasteiger partial charge is 0.127 e. The van der Waals surface area contributed by atoms with E-state index in [-0.39, 0.29) is 0 Å². The van der Waals surface area contributed by atoms with Gasteiger partial charge in [-0.1, -0.05) is 49.5 Å². The molecule has 1 heteroatoms. The molecule has 0 aliphatic heterocycles. The maximum atomic E-state index is 3.92. The van der Waals surface area contributed by atoms with Crippen LogP contribution in [-0.4, -0.2) is 7.85 Å². The average molecular weight is 160 g/mol. The number of hydrogen-bond acceptors (Lipinski definition) is 0. The lowest BCUT2D eigenvalue weighted by Crippen LogP contribution is -1.74. The lowest BCUT2D eigenvalue weighted by molar-refractivity contribution is 1.15. The van der Waals surface area contributed by atoms with Gasteiger partial charge in [-0.2, -0.15) is 0 Å². The summed E-state index contributed by atoms with van der Waals surface area (Å²) in [6, 6.07) is 0. The molecular weight excluding hydrogens is 143 g/mol. The summed E-state index contributed by atoms with van der Waals surface area (Å²) in [5.74, 6) is 2.04. The summed E-state index contributed by atoms with van der Waals surface area (Å²) in [5.41, 5.74) is 2.28. The Morgan fingerprint density at radius 3 is 2.33 bits per heavy atom. The molecule has 0 aliphatic carbocycles. The van der Waals surface area contributed by atoms with Gasteiger partial charge in [0.2, 0.25) is 0 Å². The molecule has 0 aromatic heterocycles. The lowest BCUT2D eigenvalue weighted by atomic mass is 10.1.